The topological polar surface area (TPSA) is 106 Å². The summed E-state index contributed by atoms with van der Waals surface area (Å²) in [5, 5.41) is 9.52. The minimum Gasteiger partial charge on any atom is 0 e. The van der Waals surface area contributed by atoms with E-state index in [4.69, 9.17) is 14.0 Å². The molecule has 25 heavy (non-hydrogen) atoms. The summed E-state index contributed by atoms with van der Waals surface area (Å²) in [5.41, 5.74) is 0.843. The Morgan fingerprint density at radius 3 is 2.12 bits per heavy atom. The van der Waals surface area contributed by atoms with Crippen molar-refractivity contribution in [3.05, 3.63) is 81.5 Å². The number of carbonyl (C=O) groups is 1. The SMILES string of the molecule is COC(=O)[CH][CH][CH][CH][C@@H](O)C#Cc1ccccc1.[C-]#[O+].[C-]#[O+].[C-]#[O+].[Fe]. The predicted molar refractivity (Wildman–Crippen MR) is 80.3 cm³/mol. The summed E-state index contributed by atoms with van der Waals surface area (Å²) in [5.74, 6) is 5.07. The van der Waals surface area contributed by atoms with Gasteiger partial charge in [0.25, 0.3) is 0 Å². The van der Waals surface area contributed by atoms with Gasteiger partial charge in [-0.2, -0.15) is 0 Å². The second-order valence-corrected chi connectivity index (χ2v) is 3.35. The van der Waals surface area contributed by atoms with E-state index in [1.165, 1.54) is 26.4 Å². The number of hydrogen-bond donors (Lipinski definition) is 1. The van der Waals surface area contributed by atoms with Crippen LogP contribution in [0.4, 0.5) is 0 Å². The maximum atomic E-state index is 10.7. The predicted octanol–water partition coefficient (Wildman–Crippen LogP) is 1.27. The fourth-order valence-electron chi connectivity index (χ4n) is 1.10. The first kappa shape index (κ1) is 30.8. The number of ether oxygens (including phenoxy) is 1. The molecule has 0 aliphatic heterocycles. The van der Waals surface area contributed by atoms with E-state index in [-0.39, 0.29) is 17.1 Å². The number of benzene rings is 1. The smallest absolute Gasteiger partial charge is 0 e. The van der Waals surface area contributed by atoms with E-state index in [9.17, 15) is 9.90 Å². The van der Waals surface area contributed by atoms with Crippen molar-refractivity contribution in [2.24, 2.45) is 0 Å². The van der Waals surface area contributed by atoms with E-state index in [2.05, 4.69) is 36.5 Å². The van der Waals surface area contributed by atoms with Gasteiger partial charge in [0.2, 0.25) is 0 Å². The van der Waals surface area contributed by atoms with Gasteiger partial charge < -0.3 is 9.84 Å². The molecule has 0 unspecified atom stereocenters. The molecular formula is C18H14FeO6. The molecule has 130 valence electrons. The van der Waals surface area contributed by atoms with Gasteiger partial charge in [0.1, 0.15) is 6.10 Å². The van der Waals surface area contributed by atoms with E-state index in [1.54, 1.807) is 6.42 Å². The third-order valence-electron chi connectivity index (χ3n) is 1.98. The van der Waals surface area contributed by atoms with Gasteiger partial charge in [0, 0.05) is 29.1 Å². The number of methoxy groups -OCH3 is 1. The van der Waals surface area contributed by atoms with Crippen LogP contribution in [0.25, 0.3) is 0 Å². The summed E-state index contributed by atoms with van der Waals surface area (Å²) in [6, 6.07) is 9.39. The summed E-state index contributed by atoms with van der Waals surface area (Å²) < 4.78 is 26.9. The molecule has 0 aliphatic carbocycles. The van der Waals surface area contributed by atoms with Crippen LogP contribution in [0.1, 0.15) is 5.56 Å². The molecule has 1 atom stereocenters. The zero-order chi connectivity index (χ0) is 19.2. The van der Waals surface area contributed by atoms with Crippen molar-refractivity contribution in [2.75, 3.05) is 7.11 Å². The van der Waals surface area contributed by atoms with Crippen molar-refractivity contribution in [1.82, 2.24) is 0 Å². The Morgan fingerprint density at radius 1 is 1.12 bits per heavy atom. The van der Waals surface area contributed by atoms with Gasteiger partial charge in [-0.15, -0.1) is 0 Å². The Balaban J connectivity index is -0.000000284. The number of unbranched alkanes of at least 4 members (excludes halogenated alkanes) is 1. The summed E-state index contributed by atoms with van der Waals surface area (Å²) >= 11 is 0. The molecule has 0 amide bonds. The van der Waals surface area contributed by atoms with Crippen molar-refractivity contribution in [1.29, 1.82) is 0 Å². The van der Waals surface area contributed by atoms with Crippen LogP contribution < -0.4 is 0 Å². The molecule has 0 spiro atoms. The van der Waals surface area contributed by atoms with Crippen molar-refractivity contribution in [3.63, 3.8) is 0 Å². The summed E-state index contributed by atoms with van der Waals surface area (Å²) in [6.45, 7) is 13.5. The van der Waals surface area contributed by atoms with Crippen LogP contribution in [0.5, 0.6) is 0 Å². The normalized spacial score (nSPS) is 8.32. The van der Waals surface area contributed by atoms with Gasteiger partial charge in [-0.05, 0) is 25.0 Å². The zero-order valence-corrected chi connectivity index (χ0v) is 14.2. The number of esters is 1. The quantitative estimate of drug-likeness (QED) is 0.207. The molecule has 6 nitrogen and oxygen atoms in total. The minimum atomic E-state index is -0.868. The molecule has 0 aliphatic rings. The molecule has 1 N–H and O–H groups in total. The Hall–Kier alpha value is -2.05. The van der Waals surface area contributed by atoms with Crippen molar-refractivity contribution >= 4 is 5.97 Å². The average molecular weight is 382 g/mol. The first-order valence-corrected chi connectivity index (χ1v) is 6.01. The molecule has 0 heterocycles. The Labute approximate surface area is 158 Å². The number of aliphatic hydroxyl groups excluding tert-OH is 1. The van der Waals surface area contributed by atoms with Gasteiger partial charge >= 0.3 is 39.9 Å². The molecule has 0 fully saturated rings. The molecule has 4 radical (unpaired) electrons. The number of carbonyl (C=O) groups excluding carboxylic acids is 1. The van der Waals surface area contributed by atoms with E-state index < -0.39 is 12.1 Å². The van der Waals surface area contributed by atoms with Crippen LogP contribution in [0.15, 0.2) is 30.3 Å². The third kappa shape index (κ3) is 21.9. The number of rotatable bonds is 5. The fraction of sp³-hybridized carbons (Fsp3) is 0.111. The standard InChI is InChI=1S/C15H14O3.3CO.Fe/c1-18-15(17)10-6-5-9-14(16)12-11-13-7-3-2-4-8-13;3*1-2;/h2-10,14,16H,1H3;;;;/t14-;;;;/m1..../s1. The van der Waals surface area contributed by atoms with Gasteiger partial charge in [-0.3, -0.25) is 4.79 Å². The maximum absolute atomic E-state index is 10.7. The molecule has 1 aromatic rings. The van der Waals surface area contributed by atoms with Crippen LogP contribution in [0.2, 0.25) is 0 Å². The zero-order valence-electron chi connectivity index (χ0n) is 13.1. The number of hydrogen-bond acceptors (Lipinski definition) is 3. The Bertz CT molecular complexity index is 525. The second kappa shape index (κ2) is 26.8. The minimum absolute atomic E-state index is 0. The first-order valence-electron chi connectivity index (χ1n) is 6.01. The van der Waals surface area contributed by atoms with Crippen LogP contribution in [-0.2, 0) is 40.6 Å². The molecule has 1 aromatic carbocycles. The van der Waals surface area contributed by atoms with Gasteiger partial charge in [0.15, 0.2) is 0 Å². The van der Waals surface area contributed by atoms with Crippen molar-refractivity contribution < 1.29 is 45.7 Å². The van der Waals surface area contributed by atoms with Crippen LogP contribution in [0, 0.1) is 57.5 Å². The third-order valence-corrected chi connectivity index (χ3v) is 1.98. The molecule has 1 rings (SSSR count). The molecule has 0 saturated heterocycles. The Kier molecular flexibility index (Phi) is 33.0. The van der Waals surface area contributed by atoms with Crippen LogP contribution >= 0.6 is 0 Å². The van der Waals surface area contributed by atoms with Crippen LogP contribution in [0.3, 0.4) is 0 Å². The molecule has 0 saturated carbocycles. The van der Waals surface area contributed by atoms with Gasteiger partial charge in [-0.1, -0.05) is 30.0 Å². The molecule has 0 bridgehead atoms. The molecular weight excluding hydrogens is 368 g/mol. The van der Waals surface area contributed by atoms with Crippen molar-refractivity contribution in [3.8, 4) is 11.8 Å². The molecule has 7 heteroatoms. The first-order chi connectivity index (χ1) is 11.7. The monoisotopic (exact) mass is 382 g/mol. The fourth-order valence-corrected chi connectivity index (χ4v) is 1.10. The second-order valence-electron chi connectivity index (χ2n) is 3.35. The Morgan fingerprint density at radius 2 is 1.64 bits per heavy atom. The van der Waals surface area contributed by atoms with Gasteiger partial charge in [0.05, 0.1) is 13.5 Å². The van der Waals surface area contributed by atoms with E-state index in [0.29, 0.717) is 0 Å². The van der Waals surface area contributed by atoms with Crippen LogP contribution in [-0.4, -0.2) is 24.3 Å². The van der Waals surface area contributed by atoms with E-state index >= 15 is 0 Å². The average Bonchev–Trinajstić information content (AvgIpc) is 2.69. The maximum Gasteiger partial charge on any atom is 0 e. The number of aliphatic hydroxyl groups is 1. The van der Waals surface area contributed by atoms with Gasteiger partial charge in [-0.25, -0.2) is 0 Å². The van der Waals surface area contributed by atoms with E-state index in [1.807, 2.05) is 30.3 Å². The largest absolute Gasteiger partial charge is 0 e. The summed E-state index contributed by atoms with van der Waals surface area (Å²) in [7, 11) is 1.30. The van der Waals surface area contributed by atoms with Crippen molar-refractivity contribution in [2.45, 2.75) is 6.10 Å². The molecule has 0 aromatic heterocycles. The summed E-state index contributed by atoms with van der Waals surface area (Å²) in [6.07, 6.45) is 4.90. The summed E-state index contributed by atoms with van der Waals surface area (Å²) in [4.78, 5) is 10.7. The van der Waals surface area contributed by atoms with E-state index in [0.717, 1.165) is 5.56 Å².